The van der Waals surface area contributed by atoms with E-state index >= 15 is 0 Å². The average molecular weight is 238 g/mol. The van der Waals surface area contributed by atoms with Gasteiger partial charge in [0.25, 0.3) is 0 Å². The molecule has 3 N–H and O–H groups in total. The predicted molar refractivity (Wildman–Crippen MR) is 65.0 cm³/mol. The van der Waals surface area contributed by atoms with E-state index in [2.05, 4.69) is 0 Å². The molecule has 0 fully saturated rings. The molecule has 0 unspecified atom stereocenters. The van der Waals surface area contributed by atoms with Crippen molar-refractivity contribution >= 4 is 5.91 Å². The van der Waals surface area contributed by atoms with E-state index in [4.69, 9.17) is 15.6 Å². The molecule has 1 rings (SSSR count). The minimum Gasteiger partial charge on any atom is -0.492 e. The van der Waals surface area contributed by atoms with Crippen LogP contribution in [0.1, 0.15) is 10.4 Å². The van der Waals surface area contributed by atoms with Crippen molar-refractivity contribution in [3.05, 3.63) is 29.8 Å². The Morgan fingerprint density at radius 2 is 2.24 bits per heavy atom. The predicted octanol–water partition coefficient (Wildman–Crippen LogP) is 0.0884. The number of likely N-dealkylation sites (N-methyl/N-ethyl adjacent to an activating group) is 1. The normalized spacial score (nSPS) is 10.5. The first kappa shape index (κ1) is 13.5. The van der Waals surface area contributed by atoms with Crippen LogP contribution in [-0.2, 0) is 0 Å². The number of ether oxygens (including phenoxy) is 1. The Kier molecular flexibility index (Phi) is 5.45. The number of primary amides is 1. The number of aliphatic hydroxyl groups is 1. The highest BCUT2D eigenvalue weighted by molar-refractivity contribution is 5.93. The maximum atomic E-state index is 11.0. The molecule has 1 aromatic rings. The number of nitrogens with two attached hydrogens (primary N) is 1. The van der Waals surface area contributed by atoms with Gasteiger partial charge in [-0.3, -0.25) is 4.79 Å². The van der Waals surface area contributed by atoms with Crippen LogP contribution in [0, 0.1) is 0 Å². The van der Waals surface area contributed by atoms with Gasteiger partial charge in [-0.25, -0.2) is 0 Å². The van der Waals surface area contributed by atoms with Gasteiger partial charge in [0.1, 0.15) is 12.4 Å². The van der Waals surface area contributed by atoms with Crippen LogP contribution in [0.5, 0.6) is 5.75 Å². The van der Waals surface area contributed by atoms with Crippen LogP contribution in [-0.4, -0.2) is 49.3 Å². The fraction of sp³-hybridized carbons (Fsp3) is 0.417. The SMILES string of the molecule is CN(CCO)CCOc1cccc(C(N)=O)c1. The van der Waals surface area contributed by atoms with E-state index in [1.54, 1.807) is 24.3 Å². The second-order valence-corrected chi connectivity index (χ2v) is 3.77. The first-order valence-electron chi connectivity index (χ1n) is 5.45. The van der Waals surface area contributed by atoms with Crippen LogP contribution in [0.4, 0.5) is 0 Å². The Hall–Kier alpha value is -1.59. The zero-order valence-corrected chi connectivity index (χ0v) is 9.93. The number of rotatable bonds is 7. The van der Waals surface area contributed by atoms with Crippen molar-refractivity contribution in [2.24, 2.45) is 5.73 Å². The molecule has 5 nitrogen and oxygen atoms in total. The second-order valence-electron chi connectivity index (χ2n) is 3.77. The molecule has 94 valence electrons. The Bertz CT molecular complexity index is 369. The molecule has 0 radical (unpaired) electrons. The van der Waals surface area contributed by atoms with Crippen LogP contribution in [0.25, 0.3) is 0 Å². The molecule has 17 heavy (non-hydrogen) atoms. The number of hydrogen-bond acceptors (Lipinski definition) is 4. The number of carbonyl (C=O) groups is 1. The molecule has 0 saturated heterocycles. The third-order valence-corrected chi connectivity index (χ3v) is 2.34. The number of carbonyl (C=O) groups excluding carboxylic acids is 1. The second kappa shape index (κ2) is 6.88. The van der Waals surface area contributed by atoms with Gasteiger partial charge in [-0.1, -0.05) is 6.07 Å². The van der Waals surface area contributed by atoms with E-state index in [-0.39, 0.29) is 6.61 Å². The number of hydrogen-bond donors (Lipinski definition) is 2. The monoisotopic (exact) mass is 238 g/mol. The summed E-state index contributed by atoms with van der Waals surface area (Å²) in [7, 11) is 1.90. The lowest BCUT2D eigenvalue weighted by Crippen LogP contribution is -2.27. The largest absolute Gasteiger partial charge is 0.492 e. The van der Waals surface area contributed by atoms with Crippen molar-refractivity contribution in [2.45, 2.75) is 0 Å². The van der Waals surface area contributed by atoms with Gasteiger partial charge in [-0.05, 0) is 25.2 Å². The van der Waals surface area contributed by atoms with E-state index in [0.29, 0.717) is 31.0 Å². The van der Waals surface area contributed by atoms with E-state index in [1.165, 1.54) is 0 Å². The summed E-state index contributed by atoms with van der Waals surface area (Å²) in [4.78, 5) is 12.9. The molecule has 1 aromatic carbocycles. The maximum Gasteiger partial charge on any atom is 0.248 e. The van der Waals surface area contributed by atoms with Gasteiger partial charge in [0.05, 0.1) is 6.61 Å². The molecule has 0 bridgehead atoms. The summed E-state index contributed by atoms with van der Waals surface area (Å²) in [6.45, 7) is 1.96. The summed E-state index contributed by atoms with van der Waals surface area (Å²) >= 11 is 0. The summed E-state index contributed by atoms with van der Waals surface area (Å²) in [5, 5.41) is 8.72. The number of benzene rings is 1. The fourth-order valence-electron chi connectivity index (χ4n) is 1.34. The van der Waals surface area contributed by atoms with E-state index < -0.39 is 5.91 Å². The van der Waals surface area contributed by atoms with Crippen molar-refractivity contribution in [1.29, 1.82) is 0 Å². The molecular weight excluding hydrogens is 220 g/mol. The molecule has 5 heteroatoms. The molecule has 0 heterocycles. The minimum atomic E-state index is -0.465. The van der Waals surface area contributed by atoms with Crippen LogP contribution < -0.4 is 10.5 Å². The smallest absolute Gasteiger partial charge is 0.248 e. The van der Waals surface area contributed by atoms with Gasteiger partial charge < -0.3 is 20.5 Å². The van der Waals surface area contributed by atoms with Crippen LogP contribution in [0.2, 0.25) is 0 Å². The highest BCUT2D eigenvalue weighted by atomic mass is 16.5. The first-order valence-corrected chi connectivity index (χ1v) is 5.45. The molecule has 0 aromatic heterocycles. The van der Waals surface area contributed by atoms with Crippen molar-refractivity contribution in [3.8, 4) is 5.75 Å². The van der Waals surface area contributed by atoms with Gasteiger partial charge in [-0.15, -0.1) is 0 Å². The molecule has 0 atom stereocenters. The molecule has 0 aliphatic rings. The zero-order chi connectivity index (χ0) is 12.7. The van der Waals surface area contributed by atoms with Crippen LogP contribution in [0.3, 0.4) is 0 Å². The van der Waals surface area contributed by atoms with Crippen molar-refractivity contribution in [3.63, 3.8) is 0 Å². The van der Waals surface area contributed by atoms with E-state index in [0.717, 1.165) is 0 Å². The van der Waals surface area contributed by atoms with E-state index in [1.807, 2.05) is 11.9 Å². The summed E-state index contributed by atoms with van der Waals surface area (Å²) in [5.41, 5.74) is 5.60. The van der Waals surface area contributed by atoms with Gasteiger partial charge in [0.2, 0.25) is 5.91 Å². The lowest BCUT2D eigenvalue weighted by molar-refractivity contribution is 0.0999. The van der Waals surface area contributed by atoms with Gasteiger partial charge in [-0.2, -0.15) is 0 Å². The van der Waals surface area contributed by atoms with Crippen molar-refractivity contribution in [1.82, 2.24) is 4.90 Å². The number of nitrogens with zero attached hydrogens (tertiary/aromatic N) is 1. The van der Waals surface area contributed by atoms with E-state index in [9.17, 15) is 4.79 Å². The first-order chi connectivity index (χ1) is 8.13. The third-order valence-electron chi connectivity index (χ3n) is 2.34. The molecule has 0 spiro atoms. The standard InChI is InChI=1S/C12H18N2O3/c1-14(5-7-15)6-8-17-11-4-2-3-10(9-11)12(13)16/h2-4,9,15H,5-8H2,1H3,(H2,13,16). The molecule has 0 aliphatic heterocycles. The van der Waals surface area contributed by atoms with Crippen molar-refractivity contribution < 1.29 is 14.6 Å². The van der Waals surface area contributed by atoms with Gasteiger partial charge in [0.15, 0.2) is 0 Å². The maximum absolute atomic E-state index is 11.0. The Balaban J connectivity index is 2.41. The molecule has 1 amide bonds. The zero-order valence-electron chi connectivity index (χ0n) is 9.93. The Morgan fingerprint density at radius 3 is 2.88 bits per heavy atom. The molecule has 0 saturated carbocycles. The number of amides is 1. The quantitative estimate of drug-likeness (QED) is 0.706. The lowest BCUT2D eigenvalue weighted by atomic mass is 10.2. The highest BCUT2D eigenvalue weighted by Crippen LogP contribution is 2.12. The topological polar surface area (TPSA) is 75.8 Å². The molecular formula is C12H18N2O3. The Morgan fingerprint density at radius 1 is 1.47 bits per heavy atom. The van der Waals surface area contributed by atoms with Crippen molar-refractivity contribution in [2.75, 3.05) is 33.4 Å². The minimum absolute atomic E-state index is 0.133. The highest BCUT2D eigenvalue weighted by Gasteiger charge is 2.02. The van der Waals surface area contributed by atoms with Gasteiger partial charge >= 0.3 is 0 Å². The summed E-state index contributed by atoms with van der Waals surface area (Å²) in [5.74, 6) is 0.159. The fourth-order valence-corrected chi connectivity index (χ4v) is 1.34. The summed E-state index contributed by atoms with van der Waals surface area (Å²) in [6, 6.07) is 6.77. The van der Waals surface area contributed by atoms with Crippen LogP contribution in [0.15, 0.2) is 24.3 Å². The third kappa shape index (κ3) is 4.84. The van der Waals surface area contributed by atoms with Crippen LogP contribution >= 0.6 is 0 Å². The lowest BCUT2D eigenvalue weighted by Gasteiger charge is -2.15. The van der Waals surface area contributed by atoms with Gasteiger partial charge in [0, 0.05) is 18.7 Å². The molecule has 0 aliphatic carbocycles. The Labute approximate surface area is 101 Å². The summed E-state index contributed by atoms with van der Waals surface area (Å²) in [6.07, 6.45) is 0. The summed E-state index contributed by atoms with van der Waals surface area (Å²) < 4.78 is 5.48. The average Bonchev–Trinajstić information content (AvgIpc) is 2.30. The number of aliphatic hydroxyl groups excluding tert-OH is 1.